The number of carbonyl (C=O) groups excluding carboxylic acids is 5. The summed E-state index contributed by atoms with van der Waals surface area (Å²) >= 11 is 0. The molecule has 5 amide bonds. The van der Waals surface area contributed by atoms with E-state index in [2.05, 4.69) is 16.0 Å². The minimum atomic E-state index is -1.26. The minimum Gasteiger partial charge on any atom is -0.491 e. The monoisotopic (exact) mass is 711 g/mol. The standard InChI is InChI=1S/C40H49N5O7/c1-3-4-20-45-21-24-52-35-13-9-8-12-32(35)37(47)43-33(26-36(46)42-34(40(45)50)25-28-10-6-5-7-11-28)38(48)41-27-29-14-16-30(17-15-29)39(49)44(2)31-18-22-51-23-19-31/h5-17,31,33-34H,3-4,18-27H2,1-2H3,(H,41,48)(H,42,46)(H,43,47)/t33-,34-/m0/s1. The van der Waals surface area contributed by atoms with Crippen molar-refractivity contribution >= 4 is 29.5 Å². The lowest BCUT2D eigenvalue weighted by molar-refractivity contribution is -0.137. The second-order valence-corrected chi connectivity index (χ2v) is 13.2. The van der Waals surface area contributed by atoms with E-state index in [-0.39, 0.29) is 49.5 Å². The van der Waals surface area contributed by atoms with Gasteiger partial charge in [0.2, 0.25) is 17.7 Å². The van der Waals surface area contributed by atoms with E-state index in [1.165, 1.54) is 0 Å². The van der Waals surface area contributed by atoms with Gasteiger partial charge in [0.25, 0.3) is 11.8 Å². The van der Waals surface area contributed by atoms with Gasteiger partial charge in [0.1, 0.15) is 24.4 Å². The molecule has 2 heterocycles. The Bertz CT molecular complexity index is 1680. The van der Waals surface area contributed by atoms with E-state index >= 15 is 0 Å². The molecule has 0 bridgehead atoms. The molecule has 1 fully saturated rings. The number of nitrogens with one attached hydrogen (secondary N) is 3. The molecule has 3 N–H and O–H groups in total. The molecule has 0 radical (unpaired) electrons. The fraction of sp³-hybridized carbons (Fsp3) is 0.425. The predicted octanol–water partition coefficient (Wildman–Crippen LogP) is 3.49. The molecule has 0 aliphatic carbocycles. The minimum absolute atomic E-state index is 0.0854. The molecule has 5 rings (SSSR count). The zero-order chi connectivity index (χ0) is 36.9. The van der Waals surface area contributed by atoms with Gasteiger partial charge in [-0.05, 0) is 54.7 Å². The third-order valence-electron chi connectivity index (χ3n) is 9.50. The third-order valence-corrected chi connectivity index (χ3v) is 9.50. The molecule has 3 aromatic carbocycles. The van der Waals surface area contributed by atoms with Crippen LogP contribution in [0.1, 0.15) is 70.9 Å². The number of benzene rings is 3. The van der Waals surface area contributed by atoms with Crippen molar-refractivity contribution in [3.8, 4) is 5.75 Å². The molecule has 0 unspecified atom stereocenters. The average Bonchev–Trinajstić information content (AvgIpc) is 3.17. The van der Waals surface area contributed by atoms with Crippen molar-refractivity contribution in [1.82, 2.24) is 25.8 Å². The lowest BCUT2D eigenvalue weighted by Gasteiger charge is -2.31. The number of ether oxygens (including phenoxy) is 2. The molecule has 0 saturated carbocycles. The number of fused-ring (bicyclic) bond motifs is 1. The molecule has 52 heavy (non-hydrogen) atoms. The highest BCUT2D eigenvalue weighted by Gasteiger charge is 2.31. The van der Waals surface area contributed by atoms with Crippen LogP contribution in [0, 0.1) is 0 Å². The van der Waals surface area contributed by atoms with Gasteiger partial charge >= 0.3 is 0 Å². The van der Waals surface area contributed by atoms with E-state index in [0.717, 1.165) is 36.8 Å². The van der Waals surface area contributed by atoms with Crippen LogP contribution in [0.3, 0.4) is 0 Å². The van der Waals surface area contributed by atoms with Crippen LogP contribution in [0.2, 0.25) is 0 Å². The Labute approximate surface area is 305 Å². The van der Waals surface area contributed by atoms with Crippen molar-refractivity contribution < 1.29 is 33.4 Å². The number of para-hydroxylation sites is 1. The SMILES string of the molecule is CCCCN1CCOc2ccccc2C(=O)N[C@H](C(=O)NCc2ccc(C(=O)N(C)C3CCOCC3)cc2)CC(=O)N[C@@H](Cc2ccccc2)C1=O. The van der Waals surface area contributed by atoms with Crippen LogP contribution in [0.25, 0.3) is 0 Å². The molecule has 12 heteroatoms. The normalized spacial score (nSPS) is 19.0. The Morgan fingerprint density at radius 2 is 1.60 bits per heavy atom. The van der Waals surface area contributed by atoms with Crippen molar-refractivity contribution in [1.29, 1.82) is 0 Å². The van der Waals surface area contributed by atoms with E-state index in [9.17, 15) is 24.0 Å². The first-order valence-corrected chi connectivity index (χ1v) is 18.1. The van der Waals surface area contributed by atoms with E-state index in [1.54, 1.807) is 65.4 Å². The quantitative estimate of drug-likeness (QED) is 0.292. The molecule has 1 saturated heterocycles. The van der Waals surface area contributed by atoms with Crippen LogP contribution in [0.4, 0.5) is 0 Å². The van der Waals surface area contributed by atoms with Gasteiger partial charge in [-0.3, -0.25) is 24.0 Å². The molecule has 2 atom stereocenters. The summed E-state index contributed by atoms with van der Waals surface area (Å²) < 4.78 is 11.5. The van der Waals surface area contributed by atoms with Crippen LogP contribution >= 0.6 is 0 Å². The predicted molar refractivity (Wildman–Crippen MR) is 196 cm³/mol. The van der Waals surface area contributed by atoms with Gasteiger partial charge in [0.15, 0.2) is 0 Å². The fourth-order valence-electron chi connectivity index (χ4n) is 6.40. The van der Waals surface area contributed by atoms with Crippen LogP contribution in [0.15, 0.2) is 78.9 Å². The van der Waals surface area contributed by atoms with E-state index in [1.807, 2.05) is 37.3 Å². The first-order chi connectivity index (χ1) is 25.2. The summed E-state index contributed by atoms with van der Waals surface area (Å²) in [5.41, 5.74) is 2.34. The second-order valence-electron chi connectivity index (χ2n) is 13.2. The topological polar surface area (TPSA) is 146 Å². The number of hydrogen-bond acceptors (Lipinski definition) is 7. The molecule has 2 aliphatic heterocycles. The van der Waals surface area contributed by atoms with Crippen molar-refractivity contribution in [2.24, 2.45) is 0 Å². The highest BCUT2D eigenvalue weighted by atomic mass is 16.5. The van der Waals surface area contributed by atoms with Gasteiger partial charge in [-0.2, -0.15) is 0 Å². The van der Waals surface area contributed by atoms with Gasteiger partial charge < -0.3 is 35.2 Å². The summed E-state index contributed by atoms with van der Waals surface area (Å²) in [6, 6.07) is 21.0. The smallest absolute Gasteiger partial charge is 0.255 e. The van der Waals surface area contributed by atoms with Crippen LogP contribution in [-0.2, 0) is 32.1 Å². The molecular weight excluding hydrogens is 662 g/mol. The van der Waals surface area contributed by atoms with Gasteiger partial charge in [-0.25, -0.2) is 0 Å². The summed E-state index contributed by atoms with van der Waals surface area (Å²) in [6.07, 6.45) is 3.08. The van der Waals surface area contributed by atoms with Gasteiger partial charge in [0.05, 0.1) is 18.5 Å². The summed E-state index contributed by atoms with van der Waals surface area (Å²) in [5.74, 6) is -1.73. The number of amides is 5. The lowest BCUT2D eigenvalue weighted by Crippen LogP contribution is -2.54. The lowest BCUT2D eigenvalue weighted by atomic mass is 10.0. The third kappa shape index (κ3) is 10.4. The highest BCUT2D eigenvalue weighted by Crippen LogP contribution is 2.20. The molecular formula is C40H49N5O7. The molecule has 0 spiro atoms. The summed E-state index contributed by atoms with van der Waals surface area (Å²) in [5, 5.41) is 8.43. The Morgan fingerprint density at radius 3 is 2.33 bits per heavy atom. The Balaban J connectivity index is 1.33. The zero-order valence-corrected chi connectivity index (χ0v) is 30.0. The number of rotatable bonds is 10. The van der Waals surface area contributed by atoms with Crippen molar-refractivity contribution in [3.63, 3.8) is 0 Å². The van der Waals surface area contributed by atoms with Gasteiger partial charge in [-0.1, -0.05) is 67.9 Å². The van der Waals surface area contributed by atoms with Crippen molar-refractivity contribution in [3.05, 3.63) is 101 Å². The van der Waals surface area contributed by atoms with Gasteiger partial charge in [-0.15, -0.1) is 0 Å². The molecule has 2 aliphatic rings. The van der Waals surface area contributed by atoms with Crippen LogP contribution in [-0.4, -0.2) is 97.4 Å². The first kappa shape index (κ1) is 38.0. The zero-order valence-electron chi connectivity index (χ0n) is 30.0. The van der Waals surface area contributed by atoms with E-state index in [0.29, 0.717) is 31.1 Å². The maximum Gasteiger partial charge on any atom is 0.255 e. The van der Waals surface area contributed by atoms with E-state index < -0.39 is 36.2 Å². The van der Waals surface area contributed by atoms with Gasteiger partial charge in [0, 0.05) is 51.4 Å². The van der Waals surface area contributed by atoms with E-state index in [4.69, 9.17) is 9.47 Å². The van der Waals surface area contributed by atoms with Crippen LogP contribution in [0.5, 0.6) is 5.75 Å². The summed E-state index contributed by atoms with van der Waals surface area (Å²) in [6.45, 7) is 4.28. The van der Waals surface area contributed by atoms with Crippen LogP contribution < -0.4 is 20.7 Å². The molecule has 3 aromatic rings. The number of hydrogen-bond donors (Lipinski definition) is 3. The van der Waals surface area contributed by atoms with Crippen molar-refractivity contribution in [2.45, 2.75) is 70.1 Å². The highest BCUT2D eigenvalue weighted by molar-refractivity contribution is 6.01. The average molecular weight is 712 g/mol. The Kier molecular flexibility index (Phi) is 13.8. The maximum atomic E-state index is 14.0. The fourth-order valence-corrected chi connectivity index (χ4v) is 6.40. The maximum absolute atomic E-state index is 14.0. The number of carbonyl (C=O) groups is 5. The number of unbranched alkanes of at least 4 members (excludes halogenated alkanes) is 1. The summed E-state index contributed by atoms with van der Waals surface area (Å²) in [4.78, 5) is 71.5. The summed E-state index contributed by atoms with van der Waals surface area (Å²) in [7, 11) is 1.80. The molecule has 12 nitrogen and oxygen atoms in total. The first-order valence-electron chi connectivity index (χ1n) is 18.1. The Morgan fingerprint density at radius 1 is 0.885 bits per heavy atom. The molecule has 276 valence electrons. The Hall–Kier alpha value is -5.23. The largest absolute Gasteiger partial charge is 0.491 e. The molecule has 0 aromatic heterocycles. The van der Waals surface area contributed by atoms with Crippen molar-refractivity contribution in [2.75, 3.05) is 40.0 Å². The second kappa shape index (κ2) is 18.8. The number of nitrogens with zero attached hydrogens (tertiary/aromatic N) is 2.